The van der Waals surface area contributed by atoms with E-state index in [-0.39, 0.29) is 5.56 Å². The summed E-state index contributed by atoms with van der Waals surface area (Å²) in [6.45, 7) is 2.39. The zero-order valence-electron chi connectivity index (χ0n) is 13.3. The number of hydrogen-bond acceptors (Lipinski definition) is 4. The smallest absolute Gasteiger partial charge is 0.255 e. The van der Waals surface area contributed by atoms with Crippen LogP contribution in [0.2, 0.25) is 5.02 Å². The van der Waals surface area contributed by atoms with Crippen LogP contribution in [0.1, 0.15) is 16.1 Å². The van der Waals surface area contributed by atoms with Gasteiger partial charge in [0.2, 0.25) is 0 Å². The average Bonchev–Trinajstić information content (AvgIpc) is 3.01. The molecule has 0 spiro atoms. The molecular weight excluding hydrogens is 422 g/mol. The number of nitrogens with zero attached hydrogens (tertiary/aromatic N) is 2. The summed E-state index contributed by atoms with van der Waals surface area (Å²) in [7, 11) is 0. The molecule has 0 amide bonds. The molecule has 128 valence electrons. The van der Waals surface area contributed by atoms with Gasteiger partial charge in [0.25, 0.3) is 5.56 Å². The fourth-order valence-corrected chi connectivity index (χ4v) is 4.64. The summed E-state index contributed by atoms with van der Waals surface area (Å²) in [6.07, 6.45) is 0.784. The lowest BCUT2D eigenvalue weighted by Crippen LogP contribution is -2.35. The van der Waals surface area contributed by atoms with E-state index in [0.29, 0.717) is 17.4 Å². The molecular formula is C18H15BrClN3OS. The van der Waals surface area contributed by atoms with E-state index in [2.05, 4.69) is 42.2 Å². The lowest BCUT2D eigenvalue weighted by atomic mass is 10.1. The first-order valence-corrected chi connectivity index (χ1v) is 9.97. The topological polar surface area (TPSA) is 49.0 Å². The largest absolute Gasteiger partial charge is 0.306 e. The summed E-state index contributed by atoms with van der Waals surface area (Å²) >= 11 is 11.1. The van der Waals surface area contributed by atoms with Crippen molar-refractivity contribution in [1.82, 2.24) is 14.9 Å². The Balaban J connectivity index is 1.59. The fraction of sp³-hybridized carbons (Fsp3) is 0.222. The van der Waals surface area contributed by atoms with Crippen molar-refractivity contribution in [3.63, 3.8) is 0 Å². The van der Waals surface area contributed by atoms with E-state index < -0.39 is 0 Å². The number of aromatic nitrogens is 2. The van der Waals surface area contributed by atoms with Crippen molar-refractivity contribution < 1.29 is 0 Å². The van der Waals surface area contributed by atoms with Gasteiger partial charge in [0.15, 0.2) is 0 Å². The molecule has 1 N–H and O–H groups in total. The SMILES string of the molecule is O=c1[nH]c(-c2ccc(Cl)cc2)nc2c1CN(Cc1cc(Br)cs1)CC2. The van der Waals surface area contributed by atoms with Gasteiger partial charge in [-0.1, -0.05) is 11.6 Å². The zero-order valence-corrected chi connectivity index (χ0v) is 16.4. The Bertz CT molecular complexity index is 967. The van der Waals surface area contributed by atoms with Gasteiger partial charge in [-0.05, 0) is 46.3 Å². The van der Waals surface area contributed by atoms with Crippen LogP contribution in [0.5, 0.6) is 0 Å². The van der Waals surface area contributed by atoms with Crippen LogP contribution in [-0.2, 0) is 19.5 Å². The highest BCUT2D eigenvalue weighted by molar-refractivity contribution is 9.10. The monoisotopic (exact) mass is 435 g/mol. The lowest BCUT2D eigenvalue weighted by molar-refractivity contribution is 0.244. The van der Waals surface area contributed by atoms with Crippen LogP contribution < -0.4 is 5.56 Å². The molecule has 1 aliphatic rings. The molecule has 3 heterocycles. The molecule has 0 fully saturated rings. The maximum absolute atomic E-state index is 12.6. The summed E-state index contributed by atoms with van der Waals surface area (Å²) in [6, 6.07) is 9.48. The third-order valence-corrected chi connectivity index (χ3v) is 6.20. The Morgan fingerprint density at radius 3 is 2.84 bits per heavy atom. The van der Waals surface area contributed by atoms with E-state index in [1.807, 2.05) is 12.1 Å². The van der Waals surface area contributed by atoms with E-state index in [0.717, 1.165) is 40.8 Å². The maximum Gasteiger partial charge on any atom is 0.255 e. The van der Waals surface area contributed by atoms with Crippen LogP contribution in [0.15, 0.2) is 45.0 Å². The molecule has 0 saturated carbocycles. The Morgan fingerprint density at radius 2 is 2.12 bits per heavy atom. The number of thiophene rings is 1. The molecule has 3 aromatic rings. The number of benzene rings is 1. The quantitative estimate of drug-likeness (QED) is 0.659. The normalized spacial score (nSPS) is 14.5. The van der Waals surface area contributed by atoms with Gasteiger partial charge in [-0.15, -0.1) is 11.3 Å². The number of aromatic amines is 1. The second kappa shape index (κ2) is 7.03. The number of nitrogens with one attached hydrogen (secondary N) is 1. The van der Waals surface area contributed by atoms with E-state index in [9.17, 15) is 4.79 Å². The standard InChI is InChI=1S/C18H15BrClN3OS/c19-12-7-14(25-10-12)8-23-6-5-16-15(9-23)18(24)22-17(21-16)11-1-3-13(20)4-2-11/h1-4,7,10H,5-6,8-9H2,(H,21,22,24). The summed E-state index contributed by atoms with van der Waals surface area (Å²) in [5, 5.41) is 2.75. The van der Waals surface area contributed by atoms with Gasteiger partial charge in [0.05, 0.1) is 11.3 Å². The van der Waals surface area contributed by atoms with Crippen molar-refractivity contribution in [2.24, 2.45) is 0 Å². The molecule has 0 aliphatic carbocycles. The zero-order chi connectivity index (χ0) is 17.4. The van der Waals surface area contributed by atoms with Gasteiger partial charge in [-0.3, -0.25) is 9.69 Å². The lowest BCUT2D eigenvalue weighted by Gasteiger charge is -2.27. The van der Waals surface area contributed by atoms with Crippen molar-refractivity contribution >= 4 is 38.9 Å². The molecule has 1 aromatic carbocycles. The minimum absolute atomic E-state index is 0.0491. The van der Waals surface area contributed by atoms with Gasteiger partial charge in [0.1, 0.15) is 5.82 Å². The first-order chi connectivity index (χ1) is 12.1. The van der Waals surface area contributed by atoms with Crippen LogP contribution in [0.3, 0.4) is 0 Å². The maximum atomic E-state index is 12.6. The second-order valence-electron chi connectivity index (χ2n) is 6.04. The Morgan fingerprint density at radius 1 is 1.32 bits per heavy atom. The van der Waals surface area contributed by atoms with Crippen molar-refractivity contribution in [3.05, 3.63) is 71.7 Å². The van der Waals surface area contributed by atoms with Crippen LogP contribution in [0.4, 0.5) is 0 Å². The first kappa shape index (κ1) is 17.0. The third kappa shape index (κ3) is 3.72. The van der Waals surface area contributed by atoms with E-state index in [4.69, 9.17) is 11.6 Å². The molecule has 25 heavy (non-hydrogen) atoms. The molecule has 4 rings (SSSR count). The van der Waals surface area contributed by atoms with Crippen LogP contribution in [0, 0.1) is 0 Å². The number of rotatable bonds is 3. The minimum Gasteiger partial charge on any atom is -0.306 e. The Kier molecular flexibility index (Phi) is 4.78. The molecule has 4 nitrogen and oxygen atoms in total. The van der Waals surface area contributed by atoms with Crippen LogP contribution in [-0.4, -0.2) is 21.4 Å². The van der Waals surface area contributed by atoms with Gasteiger partial charge < -0.3 is 4.98 Å². The van der Waals surface area contributed by atoms with Crippen LogP contribution >= 0.6 is 38.9 Å². The van der Waals surface area contributed by atoms with Crippen molar-refractivity contribution in [3.8, 4) is 11.4 Å². The number of halogens is 2. The Hall–Kier alpha value is -1.47. The van der Waals surface area contributed by atoms with Gasteiger partial charge >= 0.3 is 0 Å². The molecule has 0 saturated heterocycles. The summed E-state index contributed by atoms with van der Waals surface area (Å²) in [5.74, 6) is 0.607. The number of fused-ring (bicyclic) bond motifs is 1. The summed E-state index contributed by atoms with van der Waals surface area (Å²) in [4.78, 5) is 23.8. The van der Waals surface area contributed by atoms with Crippen molar-refractivity contribution in [2.45, 2.75) is 19.5 Å². The van der Waals surface area contributed by atoms with E-state index >= 15 is 0 Å². The predicted octanol–water partition coefficient (Wildman–Crippen LogP) is 4.47. The molecule has 0 atom stereocenters. The molecule has 7 heteroatoms. The molecule has 1 aliphatic heterocycles. The summed E-state index contributed by atoms with van der Waals surface area (Å²) in [5.41, 5.74) is 2.50. The van der Waals surface area contributed by atoms with Gasteiger partial charge in [-0.2, -0.15) is 0 Å². The molecule has 0 radical (unpaired) electrons. The number of hydrogen-bond donors (Lipinski definition) is 1. The van der Waals surface area contributed by atoms with Crippen LogP contribution in [0.25, 0.3) is 11.4 Å². The van der Waals surface area contributed by atoms with Gasteiger partial charge in [-0.25, -0.2) is 4.98 Å². The first-order valence-electron chi connectivity index (χ1n) is 7.92. The highest BCUT2D eigenvalue weighted by Crippen LogP contribution is 2.24. The summed E-state index contributed by atoms with van der Waals surface area (Å²) < 4.78 is 1.11. The van der Waals surface area contributed by atoms with E-state index in [1.165, 1.54) is 4.88 Å². The number of H-pyrrole nitrogens is 1. The van der Waals surface area contributed by atoms with Crippen molar-refractivity contribution in [2.75, 3.05) is 6.54 Å². The highest BCUT2D eigenvalue weighted by atomic mass is 79.9. The minimum atomic E-state index is -0.0491. The Labute approximate surface area is 162 Å². The fourth-order valence-electron chi connectivity index (χ4n) is 3.02. The third-order valence-electron chi connectivity index (χ3n) is 4.27. The molecule has 0 unspecified atom stereocenters. The average molecular weight is 437 g/mol. The molecule has 2 aromatic heterocycles. The second-order valence-corrected chi connectivity index (χ2v) is 8.39. The van der Waals surface area contributed by atoms with Gasteiger partial charge in [0, 0.05) is 51.4 Å². The van der Waals surface area contributed by atoms with Crippen molar-refractivity contribution in [1.29, 1.82) is 0 Å². The molecule has 0 bridgehead atoms. The van der Waals surface area contributed by atoms with E-state index in [1.54, 1.807) is 23.5 Å². The predicted molar refractivity (Wildman–Crippen MR) is 105 cm³/mol. The highest BCUT2D eigenvalue weighted by Gasteiger charge is 2.22.